The first-order valence-electron chi connectivity index (χ1n) is 9.57. The fraction of sp³-hybridized carbons (Fsp3) is 0.526. The number of carbonyl (C=O) groups excluding carboxylic acids is 2. The summed E-state index contributed by atoms with van der Waals surface area (Å²) in [7, 11) is 0. The summed E-state index contributed by atoms with van der Waals surface area (Å²) in [4.78, 5) is 24.3. The van der Waals surface area contributed by atoms with Crippen LogP contribution < -0.4 is 5.32 Å². The van der Waals surface area contributed by atoms with Gasteiger partial charge in [0.2, 0.25) is 11.1 Å². The highest BCUT2D eigenvalue weighted by Gasteiger charge is 2.21. The first kappa shape index (κ1) is 18.2. The Bertz CT molecular complexity index is 844. The van der Waals surface area contributed by atoms with E-state index in [-0.39, 0.29) is 11.7 Å². The standard InChI is InChI=1S/C19H23N5O2S/c25-17(14-9-10-16-13(11-14)5-4-8-18(26)20-16)12-27-19-21-22-23-24(19)15-6-2-1-3-7-15/h9-11,15H,1-8,12H2,(H,20,26). The second-order valence-electron chi connectivity index (χ2n) is 7.18. The third-order valence-corrected chi connectivity index (χ3v) is 6.20. The molecule has 2 heterocycles. The van der Waals surface area contributed by atoms with Gasteiger partial charge in [-0.25, -0.2) is 4.68 Å². The predicted molar refractivity (Wildman–Crippen MR) is 103 cm³/mol. The van der Waals surface area contributed by atoms with Gasteiger partial charge in [0.25, 0.3) is 0 Å². The van der Waals surface area contributed by atoms with Crippen LogP contribution >= 0.6 is 11.8 Å². The second-order valence-corrected chi connectivity index (χ2v) is 8.13. The molecule has 0 bridgehead atoms. The summed E-state index contributed by atoms with van der Waals surface area (Å²) in [5, 5.41) is 15.7. The van der Waals surface area contributed by atoms with Gasteiger partial charge in [0, 0.05) is 17.7 Å². The van der Waals surface area contributed by atoms with Gasteiger partial charge in [-0.05, 0) is 59.9 Å². The van der Waals surface area contributed by atoms with Crippen LogP contribution in [0.1, 0.15) is 66.9 Å². The van der Waals surface area contributed by atoms with Gasteiger partial charge < -0.3 is 5.32 Å². The van der Waals surface area contributed by atoms with E-state index >= 15 is 0 Å². The maximum absolute atomic E-state index is 12.7. The Labute approximate surface area is 162 Å². The summed E-state index contributed by atoms with van der Waals surface area (Å²) in [5.41, 5.74) is 2.53. The van der Waals surface area contributed by atoms with Crippen LogP contribution in [0.25, 0.3) is 0 Å². The number of amides is 1. The Morgan fingerprint density at radius 2 is 2.04 bits per heavy atom. The van der Waals surface area contributed by atoms with E-state index in [9.17, 15) is 9.59 Å². The van der Waals surface area contributed by atoms with Crippen LogP contribution in [0, 0.1) is 0 Å². The summed E-state index contributed by atoms with van der Waals surface area (Å²) >= 11 is 1.40. The molecule has 1 fully saturated rings. The Balaban J connectivity index is 1.42. The fourth-order valence-corrected chi connectivity index (χ4v) is 4.64. The maximum atomic E-state index is 12.7. The topological polar surface area (TPSA) is 89.8 Å². The minimum Gasteiger partial charge on any atom is -0.326 e. The van der Waals surface area contributed by atoms with Crippen molar-refractivity contribution in [3.8, 4) is 0 Å². The van der Waals surface area contributed by atoms with Crippen molar-refractivity contribution < 1.29 is 9.59 Å². The molecule has 8 heteroatoms. The molecule has 1 aromatic carbocycles. The maximum Gasteiger partial charge on any atom is 0.224 e. The van der Waals surface area contributed by atoms with Crippen molar-refractivity contribution in [2.75, 3.05) is 11.1 Å². The zero-order chi connectivity index (χ0) is 18.6. The van der Waals surface area contributed by atoms with Crippen molar-refractivity contribution in [2.45, 2.75) is 62.6 Å². The summed E-state index contributed by atoms with van der Waals surface area (Å²) in [6.07, 6.45) is 8.03. The Morgan fingerprint density at radius 1 is 1.19 bits per heavy atom. The van der Waals surface area contributed by atoms with Gasteiger partial charge >= 0.3 is 0 Å². The molecule has 142 valence electrons. The lowest BCUT2D eigenvalue weighted by atomic mass is 9.96. The van der Waals surface area contributed by atoms with E-state index in [0.29, 0.717) is 23.8 Å². The zero-order valence-corrected chi connectivity index (χ0v) is 16.0. The van der Waals surface area contributed by atoms with E-state index in [1.807, 2.05) is 16.8 Å². The molecule has 4 rings (SSSR count). The summed E-state index contributed by atoms with van der Waals surface area (Å²) in [6.45, 7) is 0. The third-order valence-electron chi connectivity index (χ3n) is 5.27. The van der Waals surface area contributed by atoms with Gasteiger partial charge in [-0.15, -0.1) is 5.10 Å². The highest BCUT2D eigenvalue weighted by atomic mass is 32.2. The first-order valence-corrected chi connectivity index (χ1v) is 10.6. The molecular formula is C19H23N5O2S. The summed E-state index contributed by atoms with van der Waals surface area (Å²) < 4.78 is 1.89. The molecule has 1 saturated carbocycles. The molecule has 1 aliphatic heterocycles. The predicted octanol–water partition coefficient (Wildman–Crippen LogP) is 3.43. The number of carbonyl (C=O) groups is 2. The first-order chi connectivity index (χ1) is 13.2. The van der Waals surface area contributed by atoms with Gasteiger partial charge in [0.15, 0.2) is 5.78 Å². The number of anilines is 1. The van der Waals surface area contributed by atoms with E-state index < -0.39 is 0 Å². The van der Waals surface area contributed by atoms with Crippen LogP contribution in [0.4, 0.5) is 5.69 Å². The lowest BCUT2D eigenvalue weighted by Crippen LogP contribution is -2.16. The molecule has 1 aliphatic carbocycles. The van der Waals surface area contributed by atoms with E-state index in [1.54, 1.807) is 6.07 Å². The van der Waals surface area contributed by atoms with Gasteiger partial charge in [0.05, 0.1) is 11.8 Å². The number of fused-ring (bicyclic) bond motifs is 1. The van der Waals surface area contributed by atoms with E-state index in [2.05, 4.69) is 20.8 Å². The molecule has 0 atom stereocenters. The van der Waals surface area contributed by atoms with Crippen molar-refractivity contribution in [3.05, 3.63) is 29.3 Å². The Morgan fingerprint density at radius 3 is 2.89 bits per heavy atom. The Kier molecular flexibility index (Phi) is 5.52. The summed E-state index contributed by atoms with van der Waals surface area (Å²) in [5.74, 6) is 0.396. The molecule has 0 spiro atoms. The molecule has 1 N–H and O–H groups in total. The number of aryl methyl sites for hydroxylation is 1. The molecule has 2 aromatic rings. The number of thioether (sulfide) groups is 1. The molecule has 0 radical (unpaired) electrons. The minimum atomic E-state index is 0.0398. The molecule has 2 aliphatic rings. The number of Topliss-reactive ketones (excluding diaryl/α,β-unsaturated/α-hetero) is 1. The number of aromatic nitrogens is 4. The SMILES string of the molecule is O=C1CCCc2cc(C(=O)CSc3nnnn3C3CCCCC3)ccc2N1. The minimum absolute atomic E-state index is 0.0398. The molecular weight excluding hydrogens is 362 g/mol. The van der Waals surface area contributed by atoms with Crippen LogP contribution in [0.3, 0.4) is 0 Å². The van der Waals surface area contributed by atoms with Crippen molar-refractivity contribution in [1.82, 2.24) is 20.2 Å². The van der Waals surface area contributed by atoms with E-state index in [1.165, 1.54) is 31.0 Å². The number of nitrogens with zero attached hydrogens (tertiary/aromatic N) is 4. The zero-order valence-electron chi connectivity index (χ0n) is 15.2. The number of rotatable bonds is 5. The average Bonchev–Trinajstić information content (AvgIpc) is 3.08. The molecule has 1 amide bonds. The van der Waals surface area contributed by atoms with Crippen LogP contribution in [0.2, 0.25) is 0 Å². The second kappa shape index (κ2) is 8.21. The third kappa shape index (κ3) is 4.21. The van der Waals surface area contributed by atoms with Crippen LogP contribution in [0.15, 0.2) is 23.4 Å². The van der Waals surface area contributed by atoms with Gasteiger partial charge in [-0.3, -0.25) is 9.59 Å². The highest BCUT2D eigenvalue weighted by Crippen LogP contribution is 2.30. The Hall–Kier alpha value is -2.22. The molecule has 1 aromatic heterocycles. The highest BCUT2D eigenvalue weighted by molar-refractivity contribution is 7.99. The van der Waals surface area contributed by atoms with Crippen LogP contribution in [0.5, 0.6) is 0 Å². The lowest BCUT2D eigenvalue weighted by molar-refractivity contribution is -0.116. The number of ketones is 1. The van der Waals surface area contributed by atoms with Crippen LogP contribution in [-0.4, -0.2) is 37.7 Å². The number of tetrazole rings is 1. The largest absolute Gasteiger partial charge is 0.326 e. The van der Waals surface area contributed by atoms with Gasteiger partial charge in [-0.1, -0.05) is 31.0 Å². The number of benzene rings is 1. The quantitative estimate of drug-likeness (QED) is 0.626. The smallest absolute Gasteiger partial charge is 0.224 e. The van der Waals surface area contributed by atoms with Crippen molar-refractivity contribution in [1.29, 1.82) is 0 Å². The van der Waals surface area contributed by atoms with E-state index in [4.69, 9.17) is 0 Å². The van der Waals surface area contributed by atoms with Crippen molar-refractivity contribution in [3.63, 3.8) is 0 Å². The normalized spacial score (nSPS) is 17.9. The number of nitrogens with one attached hydrogen (secondary N) is 1. The fourth-order valence-electron chi connectivity index (χ4n) is 3.80. The lowest BCUT2D eigenvalue weighted by Gasteiger charge is -2.21. The van der Waals surface area contributed by atoms with Gasteiger partial charge in [0.1, 0.15) is 0 Å². The van der Waals surface area contributed by atoms with Crippen molar-refractivity contribution in [2.24, 2.45) is 0 Å². The average molecular weight is 385 g/mol. The number of hydrogen-bond acceptors (Lipinski definition) is 6. The molecule has 27 heavy (non-hydrogen) atoms. The van der Waals surface area contributed by atoms with Crippen molar-refractivity contribution >= 4 is 29.1 Å². The van der Waals surface area contributed by atoms with E-state index in [0.717, 1.165) is 42.1 Å². The summed E-state index contributed by atoms with van der Waals surface area (Å²) in [6, 6.07) is 5.89. The monoisotopic (exact) mass is 385 g/mol. The molecule has 0 unspecified atom stereocenters. The van der Waals surface area contributed by atoms with Gasteiger partial charge in [-0.2, -0.15) is 0 Å². The molecule has 7 nitrogen and oxygen atoms in total. The number of hydrogen-bond donors (Lipinski definition) is 1. The van der Waals surface area contributed by atoms with Crippen LogP contribution in [-0.2, 0) is 11.2 Å². The molecule has 0 saturated heterocycles.